The maximum atomic E-state index is 14.2. The van der Waals surface area contributed by atoms with Crippen molar-refractivity contribution < 1.29 is 38.4 Å². The van der Waals surface area contributed by atoms with E-state index in [1.165, 1.54) is 0 Å². The van der Waals surface area contributed by atoms with Crippen molar-refractivity contribution in [2.45, 2.75) is 185 Å². The van der Waals surface area contributed by atoms with Crippen LogP contribution in [-0.4, -0.2) is 65.6 Å². The Bertz CT molecular complexity index is 1130. The number of hydrogen-bond donors (Lipinski definition) is 1. The summed E-state index contributed by atoms with van der Waals surface area (Å²) in [6.45, 7) is 31.0. The molecule has 2 saturated heterocycles. The van der Waals surface area contributed by atoms with Crippen molar-refractivity contribution in [1.29, 1.82) is 0 Å². The van der Waals surface area contributed by atoms with Crippen LogP contribution in [0.15, 0.2) is 11.6 Å². The van der Waals surface area contributed by atoms with Gasteiger partial charge in [0, 0.05) is 24.2 Å². The van der Waals surface area contributed by atoms with Crippen LogP contribution >= 0.6 is 0 Å². The Kier molecular flexibility index (Phi) is 13.6. The second kappa shape index (κ2) is 15.9. The summed E-state index contributed by atoms with van der Waals surface area (Å²) >= 11 is 0. The fourth-order valence-corrected chi connectivity index (χ4v) is 8.69. The molecule has 0 aliphatic carbocycles. The fourth-order valence-electron chi connectivity index (χ4n) is 8.69. The van der Waals surface area contributed by atoms with Crippen LogP contribution in [0.2, 0.25) is 0 Å². The predicted octanol–water partition coefficient (Wildman–Crippen LogP) is 8.28. The van der Waals surface area contributed by atoms with Crippen LogP contribution in [-0.2, 0) is 33.3 Å². The summed E-state index contributed by atoms with van der Waals surface area (Å²) in [5.74, 6) is -0.952. The van der Waals surface area contributed by atoms with Gasteiger partial charge in [-0.1, -0.05) is 76.2 Å². The van der Waals surface area contributed by atoms with Crippen molar-refractivity contribution >= 4 is 11.8 Å². The number of carbonyl (C=O) groups excluding carboxylic acids is 2. The summed E-state index contributed by atoms with van der Waals surface area (Å²) in [5.41, 5.74) is -1.57. The molecule has 2 fully saturated rings. The van der Waals surface area contributed by atoms with Crippen LogP contribution in [0, 0.1) is 46.3 Å². The third-order valence-electron chi connectivity index (χ3n) is 12.5. The van der Waals surface area contributed by atoms with Crippen molar-refractivity contribution in [3.63, 3.8) is 0 Å². The first-order valence-corrected chi connectivity index (χ1v) is 18.9. The lowest BCUT2D eigenvalue weighted by Crippen LogP contribution is -2.54. The zero-order valence-electron chi connectivity index (χ0n) is 32.9. The van der Waals surface area contributed by atoms with E-state index in [2.05, 4.69) is 69.2 Å². The highest BCUT2D eigenvalue weighted by Gasteiger charge is 2.49. The summed E-state index contributed by atoms with van der Waals surface area (Å²) in [5, 5.41) is 11.8. The smallest absolute Gasteiger partial charge is 0.311 e. The van der Waals surface area contributed by atoms with Gasteiger partial charge in [0.1, 0.15) is 11.7 Å². The number of carbonyl (C=O) groups is 2. The average Bonchev–Trinajstić information content (AvgIpc) is 2.99. The number of cyclic esters (lactones) is 1. The molecule has 0 bridgehead atoms. The van der Waals surface area contributed by atoms with Gasteiger partial charge in [0.15, 0.2) is 18.4 Å². The number of ether oxygens (including phenoxy) is 5. The standard InChI is InChI=1S/C40H70O8/c1-16-31-40(43,17-2)20-24(5)33(41)23(4)19-39(14,15)35(48-37-26(7)22(3)18-25(6)44-37)27(8)34(28(9)36(42)46-31)47-32-21-38(12,13)29(10)30(11)45-32/h20,22-23,25-32,34-35,37,43H,16-19,21H2,1-15H3/b24-20+/t22-,23+,25+,26+,27-,28+,29-,30-,31+,32?,34-,35+,37?,40-/m0/s1. The van der Waals surface area contributed by atoms with Crippen LogP contribution in [0.1, 0.15) is 136 Å². The second-order valence-corrected chi connectivity index (χ2v) is 17.4. The minimum atomic E-state index is -1.49. The van der Waals surface area contributed by atoms with Gasteiger partial charge in [-0.2, -0.15) is 0 Å². The molecule has 0 spiro atoms. The minimum absolute atomic E-state index is 0.0244. The molecule has 8 heteroatoms. The molecule has 48 heavy (non-hydrogen) atoms. The highest BCUT2D eigenvalue weighted by Crippen LogP contribution is 2.45. The zero-order valence-corrected chi connectivity index (χ0v) is 32.9. The molecule has 0 amide bonds. The molecule has 0 saturated carbocycles. The van der Waals surface area contributed by atoms with Gasteiger partial charge in [-0.05, 0) is 87.7 Å². The molecule has 278 valence electrons. The van der Waals surface area contributed by atoms with E-state index in [0.717, 1.165) is 6.42 Å². The summed E-state index contributed by atoms with van der Waals surface area (Å²) in [6, 6.07) is 0. The van der Waals surface area contributed by atoms with E-state index in [-0.39, 0.29) is 41.2 Å². The topological polar surface area (TPSA) is 101 Å². The monoisotopic (exact) mass is 679 g/mol. The van der Waals surface area contributed by atoms with Crippen molar-refractivity contribution in [1.82, 2.24) is 0 Å². The summed E-state index contributed by atoms with van der Waals surface area (Å²) in [7, 11) is 0. The van der Waals surface area contributed by atoms with Gasteiger partial charge in [0.25, 0.3) is 0 Å². The predicted molar refractivity (Wildman–Crippen MR) is 189 cm³/mol. The van der Waals surface area contributed by atoms with Gasteiger partial charge in [-0.15, -0.1) is 0 Å². The van der Waals surface area contributed by atoms with E-state index in [4.69, 9.17) is 23.7 Å². The van der Waals surface area contributed by atoms with E-state index in [0.29, 0.717) is 43.1 Å². The molecule has 2 unspecified atom stereocenters. The fraction of sp³-hybridized carbons (Fsp3) is 0.900. The quantitative estimate of drug-likeness (QED) is 0.280. The number of hydrogen-bond acceptors (Lipinski definition) is 8. The maximum Gasteiger partial charge on any atom is 0.311 e. The Morgan fingerprint density at radius 2 is 1.50 bits per heavy atom. The lowest BCUT2D eigenvalue weighted by atomic mass is 9.70. The van der Waals surface area contributed by atoms with E-state index in [1.807, 2.05) is 27.7 Å². The van der Waals surface area contributed by atoms with E-state index < -0.39 is 53.8 Å². The SMILES string of the molecule is CC[C@H]1OC(=O)[C@H](C)[C@@H](OC2CC(C)(C)[C@@H](C)[C@H](C)O2)[C@H](C)[C@@H](OC2O[C@H](C)C[C@H](C)[C@H]2C)C(C)(C)C[C@@H](C)C(=O)/C(C)=C/[C@@]1(O)CC. The van der Waals surface area contributed by atoms with Crippen molar-refractivity contribution in [2.75, 3.05) is 0 Å². The Hall–Kier alpha value is -1.32. The molecule has 3 aliphatic heterocycles. The Morgan fingerprint density at radius 1 is 0.875 bits per heavy atom. The molecule has 0 radical (unpaired) electrons. The van der Waals surface area contributed by atoms with Gasteiger partial charge in [0.05, 0.1) is 30.3 Å². The molecule has 0 aromatic heterocycles. The van der Waals surface area contributed by atoms with Gasteiger partial charge < -0.3 is 28.8 Å². The van der Waals surface area contributed by atoms with Crippen LogP contribution in [0.4, 0.5) is 0 Å². The second-order valence-electron chi connectivity index (χ2n) is 17.4. The lowest BCUT2D eigenvalue weighted by molar-refractivity contribution is -0.293. The molecule has 0 aromatic carbocycles. The van der Waals surface area contributed by atoms with Crippen LogP contribution in [0.3, 0.4) is 0 Å². The number of allylic oxidation sites excluding steroid dienone is 1. The Morgan fingerprint density at radius 3 is 2.06 bits per heavy atom. The molecular formula is C40H70O8. The lowest BCUT2D eigenvalue weighted by Gasteiger charge is -2.49. The molecule has 3 aliphatic rings. The highest BCUT2D eigenvalue weighted by atomic mass is 16.7. The van der Waals surface area contributed by atoms with Gasteiger partial charge in [-0.25, -0.2) is 0 Å². The minimum Gasteiger partial charge on any atom is -0.459 e. The van der Waals surface area contributed by atoms with E-state index in [9.17, 15) is 14.7 Å². The van der Waals surface area contributed by atoms with Crippen molar-refractivity contribution in [3.05, 3.63) is 11.6 Å². The third-order valence-corrected chi connectivity index (χ3v) is 12.5. The number of esters is 1. The van der Waals surface area contributed by atoms with Crippen LogP contribution in [0.5, 0.6) is 0 Å². The Labute approximate surface area is 292 Å². The largest absolute Gasteiger partial charge is 0.459 e. The number of rotatable bonds is 6. The summed E-state index contributed by atoms with van der Waals surface area (Å²) < 4.78 is 33.1. The number of aliphatic hydroxyl groups is 1. The average molecular weight is 679 g/mol. The van der Waals surface area contributed by atoms with Crippen LogP contribution < -0.4 is 0 Å². The van der Waals surface area contributed by atoms with Gasteiger partial charge in [0.2, 0.25) is 0 Å². The number of Topliss-reactive ketones (excluding diaryl/α,β-unsaturated/α-hetero) is 1. The zero-order chi connectivity index (χ0) is 36.5. The maximum absolute atomic E-state index is 14.2. The molecule has 3 heterocycles. The van der Waals surface area contributed by atoms with E-state index >= 15 is 0 Å². The first-order chi connectivity index (χ1) is 22.1. The van der Waals surface area contributed by atoms with E-state index in [1.54, 1.807) is 13.0 Å². The molecular weight excluding hydrogens is 608 g/mol. The molecule has 8 nitrogen and oxygen atoms in total. The van der Waals surface area contributed by atoms with Crippen LogP contribution in [0.25, 0.3) is 0 Å². The van der Waals surface area contributed by atoms with Crippen molar-refractivity contribution in [3.8, 4) is 0 Å². The molecule has 3 rings (SSSR count). The Balaban J connectivity index is 2.17. The number of ketones is 1. The molecule has 1 N–H and O–H groups in total. The normalized spacial score (nSPS) is 45.8. The first-order valence-electron chi connectivity index (χ1n) is 18.9. The first kappa shape index (κ1) is 41.1. The molecule has 0 aromatic rings. The van der Waals surface area contributed by atoms with Gasteiger partial charge in [-0.3, -0.25) is 9.59 Å². The van der Waals surface area contributed by atoms with Gasteiger partial charge >= 0.3 is 5.97 Å². The highest BCUT2D eigenvalue weighted by molar-refractivity contribution is 5.96. The summed E-state index contributed by atoms with van der Waals surface area (Å²) in [6.07, 6.45) is 1.62. The third kappa shape index (κ3) is 9.12. The van der Waals surface area contributed by atoms with Crippen molar-refractivity contribution in [2.24, 2.45) is 46.3 Å². The summed E-state index contributed by atoms with van der Waals surface area (Å²) in [4.78, 5) is 28.1. The molecule has 14 atom stereocenters.